The predicted octanol–water partition coefficient (Wildman–Crippen LogP) is 8.00. The van der Waals surface area contributed by atoms with Crippen molar-refractivity contribution < 1.29 is 63.1 Å². The van der Waals surface area contributed by atoms with E-state index in [1.165, 1.54) is 32.1 Å². The van der Waals surface area contributed by atoms with Crippen molar-refractivity contribution in [2.75, 3.05) is 13.2 Å². The number of hydrogen-bond acceptors (Lipinski definition) is 12. The molecular weight excluding hydrogens is 767 g/mol. The average Bonchev–Trinajstić information content (AvgIpc) is 3.20. The fraction of sp³-hybridized carbons (Fsp3) is 0.773. The number of ether oxygens (including phenoxy) is 2. The lowest BCUT2D eigenvalue weighted by Crippen LogP contribution is -2.64. The van der Waals surface area contributed by atoms with E-state index >= 15 is 0 Å². The van der Waals surface area contributed by atoms with Gasteiger partial charge in [-0.3, -0.25) is 18.6 Å². The van der Waals surface area contributed by atoms with E-state index in [1.54, 1.807) is 0 Å². The van der Waals surface area contributed by atoms with E-state index in [-0.39, 0.29) is 12.8 Å². The maximum Gasteiger partial charge on any atom is 0.472 e. The van der Waals surface area contributed by atoms with Gasteiger partial charge in [-0.15, -0.1) is 0 Å². The number of carbonyl (C=O) groups is 2. The van der Waals surface area contributed by atoms with Crippen LogP contribution in [0.25, 0.3) is 0 Å². The maximum atomic E-state index is 12.8. The van der Waals surface area contributed by atoms with Crippen molar-refractivity contribution in [3.05, 3.63) is 48.6 Å². The third-order valence-electron chi connectivity index (χ3n) is 9.90. The van der Waals surface area contributed by atoms with Gasteiger partial charge in [0.1, 0.15) is 43.2 Å². The molecule has 0 spiro atoms. The first-order valence-corrected chi connectivity index (χ1v) is 23.4. The maximum absolute atomic E-state index is 12.8. The van der Waals surface area contributed by atoms with Gasteiger partial charge in [0.2, 0.25) is 0 Å². The minimum atomic E-state index is -5.12. The SMILES string of the molecule is CC/C=C\C/C=C\C/C=C\CCCCCCCC(=O)OC[C@H](COP(=O)(O)OC1C(O)C(O)C(O)[C@@H](O)C1O)OC(=O)CCCCCCC/C=C\CCCCCCC. The molecule has 0 heterocycles. The summed E-state index contributed by atoms with van der Waals surface area (Å²) in [6.45, 7) is 3.14. The van der Waals surface area contributed by atoms with Gasteiger partial charge in [0.25, 0.3) is 0 Å². The lowest BCUT2D eigenvalue weighted by Gasteiger charge is -2.41. The fourth-order valence-corrected chi connectivity index (χ4v) is 7.33. The normalized spacial score (nSPS) is 23.0. The van der Waals surface area contributed by atoms with Crippen LogP contribution in [0.5, 0.6) is 0 Å². The first-order valence-electron chi connectivity index (χ1n) is 21.9. The number of esters is 2. The minimum Gasteiger partial charge on any atom is -0.462 e. The van der Waals surface area contributed by atoms with E-state index < -0.39 is 75.7 Å². The van der Waals surface area contributed by atoms with Gasteiger partial charge in [-0.1, -0.05) is 127 Å². The Labute approximate surface area is 348 Å². The highest BCUT2D eigenvalue weighted by atomic mass is 31.2. The molecule has 13 nitrogen and oxygen atoms in total. The summed E-state index contributed by atoms with van der Waals surface area (Å²) in [6.07, 6.45) is 26.0. The number of allylic oxidation sites excluding steroid dienone is 8. The Morgan fingerprint density at radius 1 is 0.552 bits per heavy atom. The molecule has 14 heteroatoms. The number of unbranched alkanes of at least 4 members (excludes halogenated alkanes) is 15. The van der Waals surface area contributed by atoms with Crippen LogP contribution in [0.15, 0.2) is 48.6 Å². The third-order valence-corrected chi connectivity index (χ3v) is 10.9. The smallest absolute Gasteiger partial charge is 0.462 e. The van der Waals surface area contributed by atoms with Crippen LogP contribution in [0.2, 0.25) is 0 Å². The number of hydrogen-bond donors (Lipinski definition) is 6. The molecule has 1 aliphatic carbocycles. The number of aliphatic hydroxyl groups is 5. The molecule has 336 valence electrons. The standard InChI is InChI=1S/C44H77O13P/c1-3-5-7-9-11-13-15-17-19-21-22-24-26-28-30-32-37(45)54-34-36(35-55-58(52,53)57-44-42(50)40(48)39(47)41(49)43(44)51)56-38(46)33-31-29-27-25-23-20-18-16-14-12-10-8-6-4-2/h5,7,11,13,16-19,36,39-44,47-51H,3-4,6,8-10,12,14-15,20-35H2,1-2H3,(H,52,53)/b7-5-,13-11-,18-16-,19-17-/t36-,39?,40-,41?,42?,43?,44?/m1/s1. The third kappa shape index (κ3) is 26.8. The summed E-state index contributed by atoms with van der Waals surface area (Å²) in [5.74, 6) is -1.13. The zero-order valence-electron chi connectivity index (χ0n) is 35.3. The monoisotopic (exact) mass is 845 g/mol. The summed E-state index contributed by atoms with van der Waals surface area (Å²) in [7, 11) is -5.12. The van der Waals surface area contributed by atoms with Gasteiger partial charge >= 0.3 is 19.8 Å². The largest absolute Gasteiger partial charge is 0.472 e. The van der Waals surface area contributed by atoms with Crippen molar-refractivity contribution in [3.8, 4) is 0 Å². The van der Waals surface area contributed by atoms with Crippen molar-refractivity contribution in [3.63, 3.8) is 0 Å². The molecule has 0 aromatic heterocycles. The Morgan fingerprint density at radius 2 is 0.983 bits per heavy atom. The van der Waals surface area contributed by atoms with Crippen LogP contribution in [-0.2, 0) is 32.7 Å². The number of phosphoric acid groups is 1. The predicted molar refractivity (Wildman–Crippen MR) is 226 cm³/mol. The highest BCUT2D eigenvalue weighted by Crippen LogP contribution is 2.47. The topological polar surface area (TPSA) is 210 Å². The van der Waals surface area contributed by atoms with Gasteiger partial charge in [0.05, 0.1) is 6.61 Å². The minimum absolute atomic E-state index is 0.0814. The Morgan fingerprint density at radius 3 is 1.52 bits per heavy atom. The molecule has 6 N–H and O–H groups in total. The molecule has 1 fully saturated rings. The van der Waals surface area contributed by atoms with Crippen molar-refractivity contribution >= 4 is 19.8 Å². The molecule has 1 saturated carbocycles. The van der Waals surface area contributed by atoms with E-state index in [0.29, 0.717) is 12.8 Å². The summed E-state index contributed by atoms with van der Waals surface area (Å²) in [4.78, 5) is 35.6. The van der Waals surface area contributed by atoms with Gasteiger partial charge < -0.3 is 39.9 Å². The number of aliphatic hydroxyl groups excluding tert-OH is 5. The van der Waals surface area contributed by atoms with E-state index in [9.17, 15) is 44.6 Å². The molecule has 0 aromatic rings. The summed E-state index contributed by atoms with van der Waals surface area (Å²) in [6, 6.07) is 0. The highest BCUT2D eigenvalue weighted by Gasteiger charge is 2.51. The van der Waals surface area contributed by atoms with Crippen molar-refractivity contribution in [1.82, 2.24) is 0 Å². The molecule has 8 atom stereocenters. The van der Waals surface area contributed by atoms with Crippen molar-refractivity contribution in [2.45, 2.75) is 204 Å². The molecule has 1 rings (SSSR count). The molecule has 0 aliphatic heterocycles. The van der Waals surface area contributed by atoms with Crippen LogP contribution >= 0.6 is 7.82 Å². The Hall–Kier alpha value is -2.19. The van der Waals surface area contributed by atoms with Crippen LogP contribution in [0.4, 0.5) is 0 Å². The quantitative estimate of drug-likeness (QED) is 0.0155. The molecular formula is C44H77O13P. The molecule has 0 amide bonds. The second-order valence-electron chi connectivity index (χ2n) is 15.2. The average molecular weight is 845 g/mol. The number of carbonyl (C=O) groups excluding carboxylic acids is 2. The highest BCUT2D eigenvalue weighted by molar-refractivity contribution is 7.47. The second kappa shape index (κ2) is 34.5. The van der Waals surface area contributed by atoms with E-state index in [4.69, 9.17) is 18.5 Å². The van der Waals surface area contributed by atoms with Gasteiger partial charge in [0, 0.05) is 12.8 Å². The van der Waals surface area contributed by atoms with Gasteiger partial charge in [0.15, 0.2) is 6.10 Å². The van der Waals surface area contributed by atoms with E-state index in [0.717, 1.165) is 89.9 Å². The first-order chi connectivity index (χ1) is 27.9. The van der Waals surface area contributed by atoms with Gasteiger partial charge in [-0.05, 0) is 70.6 Å². The zero-order chi connectivity index (χ0) is 42.9. The molecule has 1 aliphatic rings. The summed E-state index contributed by atoms with van der Waals surface area (Å²) < 4.78 is 33.4. The first kappa shape index (κ1) is 53.8. The summed E-state index contributed by atoms with van der Waals surface area (Å²) in [5, 5.41) is 50.1. The molecule has 0 saturated heterocycles. The second-order valence-corrected chi connectivity index (χ2v) is 16.6. The molecule has 0 bridgehead atoms. The van der Waals surface area contributed by atoms with Crippen LogP contribution in [0, 0.1) is 0 Å². The lowest BCUT2D eigenvalue weighted by molar-refractivity contribution is -0.220. The van der Waals surface area contributed by atoms with E-state index in [1.807, 2.05) is 0 Å². The van der Waals surface area contributed by atoms with Crippen LogP contribution < -0.4 is 0 Å². The Kier molecular flexibility index (Phi) is 32.0. The number of rotatable bonds is 35. The molecule has 58 heavy (non-hydrogen) atoms. The van der Waals surface area contributed by atoms with Crippen molar-refractivity contribution in [1.29, 1.82) is 0 Å². The zero-order valence-corrected chi connectivity index (χ0v) is 36.2. The van der Waals surface area contributed by atoms with Gasteiger partial charge in [-0.25, -0.2) is 4.57 Å². The van der Waals surface area contributed by atoms with Crippen LogP contribution in [-0.4, -0.2) is 98.3 Å². The molecule has 0 aromatic carbocycles. The van der Waals surface area contributed by atoms with E-state index in [2.05, 4.69) is 62.5 Å². The summed E-state index contributed by atoms with van der Waals surface area (Å²) in [5.41, 5.74) is 0. The van der Waals surface area contributed by atoms with Crippen LogP contribution in [0.1, 0.15) is 162 Å². The van der Waals surface area contributed by atoms with Gasteiger partial charge in [-0.2, -0.15) is 0 Å². The lowest BCUT2D eigenvalue weighted by atomic mass is 9.85. The summed E-state index contributed by atoms with van der Waals surface area (Å²) >= 11 is 0. The Bertz CT molecular complexity index is 1210. The number of phosphoric ester groups is 1. The molecule has 0 radical (unpaired) electrons. The van der Waals surface area contributed by atoms with Crippen molar-refractivity contribution in [2.24, 2.45) is 0 Å². The van der Waals surface area contributed by atoms with Crippen LogP contribution in [0.3, 0.4) is 0 Å². The fourth-order valence-electron chi connectivity index (χ4n) is 6.35. The molecule has 6 unspecified atom stereocenters. The Balaban J connectivity index is 2.51.